The van der Waals surface area contributed by atoms with Crippen molar-refractivity contribution >= 4 is 12.0 Å². The zero-order valence-corrected chi connectivity index (χ0v) is 11.4. The van der Waals surface area contributed by atoms with E-state index >= 15 is 0 Å². The average Bonchev–Trinajstić information content (AvgIpc) is 2.27. The molecule has 0 saturated heterocycles. The van der Waals surface area contributed by atoms with E-state index in [1.54, 1.807) is 39.0 Å². The number of benzene rings is 1. The molecule has 0 aromatic heterocycles. The third kappa shape index (κ3) is 5.98. The van der Waals surface area contributed by atoms with Crippen LogP contribution < -0.4 is 5.32 Å². The molecule has 6 nitrogen and oxygen atoms in total. The number of carbonyl (C=O) groups excluding carboxylic acids is 2. The predicted octanol–water partition coefficient (Wildman–Crippen LogP) is 2.52. The Kier molecular flexibility index (Phi) is 5.02. The van der Waals surface area contributed by atoms with Crippen LogP contribution in [0.1, 0.15) is 36.7 Å². The summed E-state index contributed by atoms with van der Waals surface area (Å²) in [6.45, 7) is 6.99. The van der Waals surface area contributed by atoms with Gasteiger partial charge in [0.15, 0.2) is 0 Å². The van der Waals surface area contributed by atoms with Crippen LogP contribution in [0.4, 0.5) is 4.79 Å². The number of rotatable bonds is 3. The molecule has 0 atom stereocenters. The van der Waals surface area contributed by atoms with E-state index in [4.69, 9.17) is 4.89 Å². The minimum atomic E-state index is -1.05. The molecule has 0 aliphatic rings. The molecule has 0 heterocycles. The maximum atomic E-state index is 11.7. The van der Waals surface area contributed by atoms with Crippen LogP contribution in [0, 0.1) is 6.92 Å². The van der Waals surface area contributed by atoms with Gasteiger partial charge in [0, 0.05) is 5.56 Å². The van der Waals surface area contributed by atoms with Crippen LogP contribution in [0.2, 0.25) is 0 Å². The van der Waals surface area contributed by atoms with Crippen LogP contribution in [0.3, 0.4) is 0 Å². The lowest BCUT2D eigenvalue weighted by Gasteiger charge is -2.15. The zero-order chi connectivity index (χ0) is 14.5. The topological polar surface area (TPSA) is 73.9 Å². The minimum Gasteiger partial charge on any atom is -0.269 e. The fraction of sp³-hybridized carbons (Fsp3) is 0.385. The van der Waals surface area contributed by atoms with Gasteiger partial charge in [0.25, 0.3) is 5.91 Å². The van der Waals surface area contributed by atoms with Gasteiger partial charge in [-0.25, -0.2) is 9.68 Å². The minimum absolute atomic E-state index is 0.355. The van der Waals surface area contributed by atoms with Crippen LogP contribution in [0.25, 0.3) is 0 Å². The Morgan fingerprint density at radius 2 is 1.89 bits per heavy atom. The summed E-state index contributed by atoms with van der Waals surface area (Å²) < 4.78 is 0. The molecule has 0 aliphatic carbocycles. The van der Waals surface area contributed by atoms with E-state index in [1.165, 1.54) is 0 Å². The Morgan fingerprint density at radius 1 is 1.21 bits per heavy atom. The van der Waals surface area contributed by atoms with Crippen molar-refractivity contribution in [3.63, 3.8) is 0 Å². The van der Waals surface area contributed by atoms with Gasteiger partial charge in [0.2, 0.25) is 0 Å². The van der Waals surface area contributed by atoms with Crippen LogP contribution in [0.15, 0.2) is 24.3 Å². The highest BCUT2D eigenvalue weighted by atomic mass is 17.5. The number of carbonyl (C=O) groups is 2. The lowest BCUT2D eigenvalue weighted by molar-refractivity contribution is -0.510. The van der Waals surface area contributed by atoms with E-state index in [9.17, 15) is 9.59 Å². The van der Waals surface area contributed by atoms with Gasteiger partial charge in [-0.15, -0.1) is 0 Å². The number of hydrogen-bond acceptors (Lipinski definition) is 5. The molecule has 1 aromatic rings. The van der Waals surface area contributed by atoms with E-state index < -0.39 is 17.6 Å². The maximum absolute atomic E-state index is 11.7. The van der Waals surface area contributed by atoms with Gasteiger partial charge in [-0.1, -0.05) is 17.7 Å². The highest BCUT2D eigenvalue weighted by Crippen LogP contribution is 2.07. The molecule has 0 saturated carbocycles. The first kappa shape index (κ1) is 15.1. The first-order valence-corrected chi connectivity index (χ1v) is 5.72. The van der Waals surface area contributed by atoms with Crippen molar-refractivity contribution in [1.82, 2.24) is 5.32 Å². The Labute approximate surface area is 111 Å². The largest absolute Gasteiger partial charge is 0.448 e. The van der Waals surface area contributed by atoms with Crippen molar-refractivity contribution in [2.24, 2.45) is 0 Å². The van der Waals surface area contributed by atoms with E-state index in [2.05, 4.69) is 9.93 Å². The first-order valence-electron chi connectivity index (χ1n) is 5.72. The standard InChI is InChI=1S/C13H17NO5/c1-9-6-5-7-10(8-9)11(15)14-12(16)17-19-18-13(2,3)4/h5-8H,1-4H3,(H,14,15,16). The van der Waals surface area contributed by atoms with E-state index in [0.717, 1.165) is 5.56 Å². The average molecular weight is 267 g/mol. The Morgan fingerprint density at radius 3 is 2.47 bits per heavy atom. The van der Waals surface area contributed by atoms with Crippen molar-refractivity contribution in [2.45, 2.75) is 33.3 Å². The Hall–Kier alpha value is -1.92. The molecule has 0 aliphatic heterocycles. The van der Waals surface area contributed by atoms with Crippen LogP contribution >= 0.6 is 0 Å². The summed E-state index contributed by atoms with van der Waals surface area (Å²) in [5, 5.41) is 6.26. The first-order chi connectivity index (χ1) is 8.78. The second-order valence-electron chi connectivity index (χ2n) is 4.96. The smallest absolute Gasteiger partial charge is 0.269 e. The molecular weight excluding hydrogens is 250 g/mol. The number of hydrogen-bond donors (Lipinski definition) is 1. The zero-order valence-electron chi connectivity index (χ0n) is 11.4. The molecule has 0 spiro atoms. The van der Waals surface area contributed by atoms with Gasteiger partial charge in [0.1, 0.15) is 0 Å². The fourth-order valence-electron chi connectivity index (χ4n) is 1.12. The SMILES string of the molecule is Cc1cccc(C(=O)NC(=O)OOOC(C)(C)C)c1. The summed E-state index contributed by atoms with van der Waals surface area (Å²) in [4.78, 5) is 31.9. The lowest BCUT2D eigenvalue weighted by atomic mass is 10.1. The summed E-state index contributed by atoms with van der Waals surface area (Å²) in [5.41, 5.74) is 0.642. The van der Waals surface area contributed by atoms with Crippen molar-refractivity contribution in [3.8, 4) is 0 Å². The van der Waals surface area contributed by atoms with E-state index in [0.29, 0.717) is 5.56 Å². The third-order valence-corrected chi connectivity index (χ3v) is 1.89. The number of nitrogens with one attached hydrogen (secondary N) is 1. The summed E-state index contributed by atoms with van der Waals surface area (Å²) in [5.74, 6) is -0.576. The van der Waals surface area contributed by atoms with Gasteiger partial charge < -0.3 is 0 Å². The quantitative estimate of drug-likeness (QED) is 0.673. The van der Waals surface area contributed by atoms with Crippen molar-refractivity contribution in [1.29, 1.82) is 0 Å². The van der Waals surface area contributed by atoms with E-state index in [1.807, 2.05) is 18.3 Å². The van der Waals surface area contributed by atoms with Crippen LogP contribution in [-0.4, -0.2) is 17.6 Å². The molecule has 1 aromatic carbocycles. The predicted molar refractivity (Wildman–Crippen MR) is 67.0 cm³/mol. The summed E-state index contributed by atoms with van der Waals surface area (Å²) in [6.07, 6.45) is -1.05. The summed E-state index contributed by atoms with van der Waals surface area (Å²) in [6, 6.07) is 6.79. The molecule has 19 heavy (non-hydrogen) atoms. The molecule has 6 heteroatoms. The van der Waals surface area contributed by atoms with Crippen molar-refractivity contribution < 1.29 is 24.4 Å². The lowest BCUT2D eigenvalue weighted by Crippen LogP contribution is -2.32. The molecule has 1 rings (SSSR count). The Balaban J connectivity index is 2.42. The second-order valence-corrected chi connectivity index (χ2v) is 4.96. The van der Waals surface area contributed by atoms with Gasteiger partial charge in [-0.05, 0) is 44.9 Å². The fourth-order valence-corrected chi connectivity index (χ4v) is 1.12. The van der Waals surface area contributed by atoms with Gasteiger partial charge in [0.05, 0.1) is 5.60 Å². The monoisotopic (exact) mass is 267 g/mol. The normalized spacial score (nSPS) is 10.9. The van der Waals surface area contributed by atoms with Crippen molar-refractivity contribution in [3.05, 3.63) is 35.4 Å². The molecule has 0 radical (unpaired) electrons. The Bertz CT molecular complexity index is 464. The maximum Gasteiger partial charge on any atom is 0.448 e. The van der Waals surface area contributed by atoms with Gasteiger partial charge >= 0.3 is 6.09 Å². The molecular formula is C13H17NO5. The van der Waals surface area contributed by atoms with E-state index in [-0.39, 0.29) is 0 Å². The second kappa shape index (κ2) is 6.31. The van der Waals surface area contributed by atoms with Gasteiger partial charge in [-0.3, -0.25) is 10.1 Å². The van der Waals surface area contributed by atoms with Crippen LogP contribution in [-0.2, 0) is 14.8 Å². The highest BCUT2D eigenvalue weighted by Gasteiger charge is 2.16. The molecule has 2 amide bonds. The van der Waals surface area contributed by atoms with Crippen LogP contribution in [0.5, 0.6) is 0 Å². The molecule has 1 N–H and O–H groups in total. The summed E-state index contributed by atoms with van der Waals surface area (Å²) >= 11 is 0. The van der Waals surface area contributed by atoms with Crippen molar-refractivity contribution in [2.75, 3.05) is 0 Å². The number of imide groups is 1. The highest BCUT2D eigenvalue weighted by molar-refractivity contribution is 6.02. The summed E-state index contributed by atoms with van der Waals surface area (Å²) in [7, 11) is 0. The number of amides is 2. The molecule has 104 valence electrons. The molecule has 0 bridgehead atoms. The number of aryl methyl sites for hydroxylation is 1. The molecule has 0 unspecified atom stereocenters. The van der Waals surface area contributed by atoms with Gasteiger partial charge in [-0.2, -0.15) is 4.89 Å². The molecule has 0 fully saturated rings. The third-order valence-electron chi connectivity index (χ3n) is 1.89.